The lowest BCUT2D eigenvalue weighted by molar-refractivity contribution is -0.138. The van der Waals surface area contributed by atoms with E-state index in [1.54, 1.807) is 18.2 Å². The summed E-state index contributed by atoms with van der Waals surface area (Å²) in [5.74, 6) is 0.102. The number of carbonyl (C=O) groups excluding carboxylic acids is 1. The van der Waals surface area contributed by atoms with Crippen LogP contribution in [0, 0.1) is 5.92 Å². The van der Waals surface area contributed by atoms with Crippen molar-refractivity contribution in [3.63, 3.8) is 0 Å². The maximum absolute atomic E-state index is 12.9. The molecular formula is C21H31Cl2N3O3S. The smallest absolute Gasteiger partial charge is 0.225 e. The number of nitrogens with one attached hydrogen (secondary N) is 1. The van der Waals surface area contributed by atoms with Crippen molar-refractivity contribution in [3.8, 4) is 0 Å². The van der Waals surface area contributed by atoms with Crippen molar-refractivity contribution in [1.82, 2.24) is 14.5 Å². The highest BCUT2D eigenvalue weighted by Crippen LogP contribution is 2.28. The van der Waals surface area contributed by atoms with Gasteiger partial charge in [0.15, 0.2) is 0 Å². The van der Waals surface area contributed by atoms with E-state index in [0.29, 0.717) is 34.5 Å². The van der Waals surface area contributed by atoms with Crippen molar-refractivity contribution in [3.05, 3.63) is 33.8 Å². The minimum Gasteiger partial charge on any atom is -0.340 e. The Kier molecular flexibility index (Phi) is 8.07. The second kappa shape index (κ2) is 10.2. The lowest BCUT2D eigenvalue weighted by Gasteiger charge is -2.39. The Bertz CT molecular complexity index is 847. The third kappa shape index (κ3) is 6.33. The van der Waals surface area contributed by atoms with Gasteiger partial charge in [-0.1, -0.05) is 29.3 Å². The number of nitrogens with zero attached hydrogens (tertiary/aromatic N) is 2. The molecule has 2 aliphatic rings. The van der Waals surface area contributed by atoms with Crippen molar-refractivity contribution >= 4 is 39.1 Å². The molecule has 1 N–H and O–H groups in total. The molecule has 30 heavy (non-hydrogen) atoms. The summed E-state index contributed by atoms with van der Waals surface area (Å²) in [5, 5.41) is 0.747. The maximum Gasteiger partial charge on any atom is 0.225 e. The number of piperazine rings is 1. The van der Waals surface area contributed by atoms with E-state index in [4.69, 9.17) is 23.2 Å². The highest BCUT2D eigenvalue weighted by molar-refractivity contribution is 7.88. The van der Waals surface area contributed by atoms with Gasteiger partial charge in [0.05, 0.1) is 15.8 Å². The molecule has 0 aromatic heterocycles. The quantitative estimate of drug-likeness (QED) is 0.682. The van der Waals surface area contributed by atoms with Gasteiger partial charge in [-0.3, -0.25) is 9.69 Å². The predicted molar refractivity (Wildman–Crippen MR) is 121 cm³/mol. The third-order valence-electron chi connectivity index (χ3n) is 6.12. The van der Waals surface area contributed by atoms with Crippen LogP contribution in [-0.4, -0.2) is 62.4 Å². The molecule has 1 aliphatic carbocycles. The zero-order valence-corrected chi connectivity index (χ0v) is 19.9. The van der Waals surface area contributed by atoms with E-state index in [1.807, 2.05) is 4.90 Å². The zero-order valence-electron chi connectivity index (χ0n) is 17.6. The summed E-state index contributed by atoms with van der Waals surface area (Å²) < 4.78 is 27.9. The van der Waals surface area contributed by atoms with Crippen LogP contribution in [0.4, 0.5) is 0 Å². The van der Waals surface area contributed by atoms with Gasteiger partial charge in [-0.2, -0.15) is 0 Å². The van der Waals surface area contributed by atoms with Crippen molar-refractivity contribution in [2.45, 2.75) is 57.4 Å². The number of hydrogen-bond acceptors (Lipinski definition) is 4. The van der Waals surface area contributed by atoms with Gasteiger partial charge in [-0.25, -0.2) is 13.1 Å². The molecule has 1 aromatic rings. The first-order chi connectivity index (χ1) is 14.1. The Morgan fingerprint density at radius 1 is 1.07 bits per heavy atom. The van der Waals surface area contributed by atoms with Gasteiger partial charge in [-0.05, 0) is 57.2 Å². The summed E-state index contributed by atoms with van der Waals surface area (Å²) in [6.07, 6.45) is 2.82. The molecule has 1 saturated heterocycles. The first kappa shape index (κ1) is 23.8. The van der Waals surface area contributed by atoms with Crippen molar-refractivity contribution < 1.29 is 13.2 Å². The second-order valence-corrected chi connectivity index (χ2v) is 11.2. The van der Waals surface area contributed by atoms with Gasteiger partial charge in [0, 0.05) is 44.2 Å². The number of amides is 1. The number of sulfonamides is 1. The molecule has 1 amide bonds. The highest BCUT2D eigenvalue weighted by Gasteiger charge is 2.32. The predicted octanol–water partition coefficient (Wildman–Crippen LogP) is 3.52. The van der Waals surface area contributed by atoms with Gasteiger partial charge in [0.1, 0.15) is 0 Å². The van der Waals surface area contributed by atoms with Gasteiger partial charge >= 0.3 is 0 Å². The van der Waals surface area contributed by atoms with Crippen molar-refractivity contribution in [1.29, 1.82) is 0 Å². The van der Waals surface area contributed by atoms with E-state index in [2.05, 4.69) is 23.5 Å². The SMILES string of the molecule is CC(C)N1CCN(C(=O)C2CCC(NS(=O)(=O)Cc3ccc(Cl)c(Cl)c3)CC2)CC1. The Morgan fingerprint density at radius 3 is 2.27 bits per heavy atom. The molecule has 168 valence electrons. The molecule has 0 spiro atoms. The van der Waals surface area contributed by atoms with E-state index >= 15 is 0 Å². The van der Waals surface area contributed by atoms with E-state index < -0.39 is 10.0 Å². The zero-order chi connectivity index (χ0) is 21.9. The van der Waals surface area contributed by atoms with Crippen molar-refractivity contribution in [2.75, 3.05) is 26.2 Å². The summed E-state index contributed by atoms with van der Waals surface area (Å²) in [5.41, 5.74) is 0.598. The molecule has 2 fully saturated rings. The van der Waals surface area contributed by atoms with Crippen LogP contribution in [0.1, 0.15) is 45.1 Å². The van der Waals surface area contributed by atoms with Crippen LogP contribution in [0.5, 0.6) is 0 Å². The Hall–Kier alpha value is -0.860. The summed E-state index contributed by atoms with van der Waals surface area (Å²) in [6.45, 7) is 7.78. The molecule has 1 saturated carbocycles. The molecule has 0 bridgehead atoms. The molecule has 3 rings (SSSR count). The fourth-order valence-electron chi connectivity index (χ4n) is 4.32. The highest BCUT2D eigenvalue weighted by atomic mass is 35.5. The average Bonchev–Trinajstić information content (AvgIpc) is 2.70. The minimum absolute atomic E-state index is 0.00595. The Labute approximate surface area is 189 Å². The topological polar surface area (TPSA) is 69.7 Å². The summed E-state index contributed by atoms with van der Waals surface area (Å²) >= 11 is 11.9. The number of hydrogen-bond donors (Lipinski definition) is 1. The first-order valence-corrected chi connectivity index (χ1v) is 13.0. The van der Waals surface area contributed by atoms with E-state index in [1.165, 1.54) is 0 Å². The average molecular weight is 476 g/mol. The monoisotopic (exact) mass is 475 g/mol. The molecule has 1 heterocycles. The Balaban J connectivity index is 1.47. The third-order valence-corrected chi connectivity index (χ3v) is 8.26. The second-order valence-electron chi connectivity index (χ2n) is 8.63. The number of rotatable bonds is 6. The minimum atomic E-state index is -3.49. The molecule has 1 aromatic carbocycles. The lowest BCUT2D eigenvalue weighted by Crippen LogP contribution is -2.52. The fraction of sp³-hybridized carbons (Fsp3) is 0.667. The van der Waals surface area contributed by atoms with Gasteiger partial charge < -0.3 is 4.90 Å². The lowest BCUT2D eigenvalue weighted by atomic mass is 9.85. The number of carbonyl (C=O) groups is 1. The summed E-state index contributed by atoms with van der Waals surface area (Å²) in [6, 6.07) is 5.24. The Morgan fingerprint density at radius 2 is 1.70 bits per heavy atom. The van der Waals surface area contributed by atoms with Gasteiger partial charge in [0.25, 0.3) is 0 Å². The fourth-order valence-corrected chi connectivity index (χ4v) is 6.09. The number of halogens is 2. The van der Waals surface area contributed by atoms with Crippen molar-refractivity contribution in [2.24, 2.45) is 5.92 Å². The molecule has 0 atom stereocenters. The van der Waals surface area contributed by atoms with Crippen LogP contribution in [-0.2, 0) is 20.6 Å². The van der Waals surface area contributed by atoms with Gasteiger partial charge in [-0.15, -0.1) is 0 Å². The molecule has 6 nitrogen and oxygen atoms in total. The first-order valence-electron chi connectivity index (χ1n) is 10.6. The normalized spacial score (nSPS) is 23.7. The van der Waals surface area contributed by atoms with Crippen LogP contribution < -0.4 is 4.72 Å². The number of benzene rings is 1. The van der Waals surface area contributed by atoms with Crippen LogP contribution in [0.25, 0.3) is 0 Å². The standard InChI is InChI=1S/C21H31Cl2N3O3S/c1-15(2)25-9-11-26(12-10-25)21(27)17-4-6-18(7-5-17)24-30(28,29)14-16-3-8-19(22)20(23)13-16/h3,8,13,15,17-18,24H,4-7,9-12,14H2,1-2H3. The van der Waals surface area contributed by atoms with E-state index in [9.17, 15) is 13.2 Å². The molecule has 9 heteroatoms. The van der Waals surface area contributed by atoms with Gasteiger partial charge in [0.2, 0.25) is 15.9 Å². The van der Waals surface area contributed by atoms with Crippen LogP contribution in [0.15, 0.2) is 18.2 Å². The van der Waals surface area contributed by atoms with Crippen LogP contribution in [0.2, 0.25) is 10.0 Å². The molecular weight excluding hydrogens is 445 g/mol. The summed E-state index contributed by atoms with van der Waals surface area (Å²) in [4.78, 5) is 17.2. The molecule has 1 aliphatic heterocycles. The molecule has 0 unspecified atom stereocenters. The maximum atomic E-state index is 12.9. The van der Waals surface area contributed by atoms with Crippen LogP contribution >= 0.6 is 23.2 Å². The van der Waals surface area contributed by atoms with E-state index in [0.717, 1.165) is 39.0 Å². The molecule has 0 radical (unpaired) electrons. The van der Waals surface area contributed by atoms with Crippen LogP contribution in [0.3, 0.4) is 0 Å². The largest absolute Gasteiger partial charge is 0.340 e. The van der Waals surface area contributed by atoms with E-state index in [-0.39, 0.29) is 23.6 Å². The summed E-state index contributed by atoms with van der Waals surface area (Å²) in [7, 11) is -3.49.